The van der Waals surface area contributed by atoms with Crippen molar-refractivity contribution < 1.29 is 32.3 Å². The number of fused-ring (bicyclic) bond motifs is 6. The number of hydrogen-bond donors (Lipinski definition) is 2. The van der Waals surface area contributed by atoms with Gasteiger partial charge in [0.1, 0.15) is 11.5 Å². The number of benzene rings is 1. The molecule has 2 bridgehead atoms. The predicted molar refractivity (Wildman–Crippen MR) is 106 cm³/mol. The second kappa shape index (κ2) is 9.88. The summed E-state index contributed by atoms with van der Waals surface area (Å²) in [5.74, 6) is 0.718. The average Bonchev–Trinajstić information content (AvgIpc) is 2.60. The minimum atomic E-state index is -4.98. The van der Waals surface area contributed by atoms with Crippen molar-refractivity contribution in [3.8, 4) is 11.5 Å². The fourth-order valence-corrected chi connectivity index (χ4v) is 5.93. The minimum absolute atomic E-state index is 0.0385. The standard InChI is InChI=1S/C14H18Cl4O7P2/c15-5-1-9-10(2-6-16)14-12(4-8-18)11(3-7-17)13(9)23-26(19,20)25-27(21,22)24-14/h1-8H2,(H,19,20)(H,21,22). The van der Waals surface area contributed by atoms with E-state index in [9.17, 15) is 18.9 Å². The molecule has 3 rings (SSSR count). The molecule has 2 atom stereocenters. The van der Waals surface area contributed by atoms with E-state index in [0.29, 0.717) is 22.3 Å². The molecule has 7 nitrogen and oxygen atoms in total. The van der Waals surface area contributed by atoms with Crippen LogP contribution in [0.3, 0.4) is 0 Å². The monoisotopic (exact) mass is 500 g/mol. The van der Waals surface area contributed by atoms with Crippen molar-refractivity contribution in [2.24, 2.45) is 0 Å². The Balaban J connectivity index is 2.95. The van der Waals surface area contributed by atoms with E-state index >= 15 is 0 Å². The van der Waals surface area contributed by atoms with Crippen molar-refractivity contribution in [1.29, 1.82) is 0 Å². The van der Waals surface area contributed by atoms with Crippen LogP contribution in [0.15, 0.2) is 0 Å². The summed E-state index contributed by atoms with van der Waals surface area (Å²) in [5.41, 5.74) is 1.83. The van der Waals surface area contributed by atoms with Gasteiger partial charge in [0.2, 0.25) is 0 Å². The third-order valence-corrected chi connectivity index (χ3v) is 7.06. The lowest BCUT2D eigenvalue weighted by Gasteiger charge is -2.23. The maximum absolute atomic E-state index is 12.3. The lowest BCUT2D eigenvalue weighted by Crippen LogP contribution is -2.11. The van der Waals surface area contributed by atoms with Gasteiger partial charge in [0, 0.05) is 45.8 Å². The lowest BCUT2D eigenvalue weighted by atomic mass is 9.90. The highest BCUT2D eigenvalue weighted by atomic mass is 35.5. The minimum Gasteiger partial charge on any atom is -0.403 e. The molecule has 0 aromatic heterocycles. The molecule has 13 heteroatoms. The Hall–Kier alpha value is 0.320. The fourth-order valence-electron chi connectivity index (χ4n) is 2.96. The Kier molecular flexibility index (Phi) is 8.64. The topological polar surface area (TPSA) is 102 Å². The van der Waals surface area contributed by atoms with Crippen LogP contribution in [-0.4, -0.2) is 33.3 Å². The lowest BCUT2D eigenvalue weighted by molar-refractivity contribution is 0.236. The smallest absolute Gasteiger partial charge is 0.403 e. The SMILES string of the molecule is O=P1(O)Oc2c(CCCl)c(CCCl)c(c(CCCl)c2CCCl)OP(=O)(O)O1. The average molecular weight is 502 g/mol. The third-order valence-electron chi connectivity index (χ3n) is 3.82. The van der Waals surface area contributed by atoms with Gasteiger partial charge in [0.15, 0.2) is 0 Å². The highest BCUT2D eigenvalue weighted by molar-refractivity contribution is 7.61. The van der Waals surface area contributed by atoms with Crippen molar-refractivity contribution in [2.45, 2.75) is 25.7 Å². The van der Waals surface area contributed by atoms with Crippen LogP contribution in [0.1, 0.15) is 22.3 Å². The molecule has 2 heterocycles. The molecule has 0 fully saturated rings. The summed E-state index contributed by atoms with van der Waals surface area (Å²) in [6.07, 6.45) is 0.967. The Morgan fingerprint density at radius 2 is 0.889 bits per heavy atom. The zero-order chi connectivity index (χ0) is 20.2. The molecule has 1 aromatic carbocycles. The van der Waals surface area contributed by atoms with Gasteiger partial charge in [0.25, 0.3) is 0 Å². The van der Waals surface area contributed by atoms with E-state index in [1.54, 1.807) is 0 Å². The molecule has 2 aliphatic heterocycles. The number of halogens is 4. The number of hydrogen-bond acceptors (Lipinski definition) is 5. The van der Waals surface area contributed by atoms with Crippen molar-refractivity contribution in [2.75, 3.05) is 23.5 Å². The molecule has 0 spiro atoms. The Morgan fingerprint density at radius 3 is 1.11 bits per heavy atom. The zero-order valence-corrected chi connectivity index (χ0v) is 18.8. The Bertz CT molecular complexity index is 689. The predicted octanol–water partition coefficient (Wildman–Crippen LogP) is 4.80. The van der Waals surface area contributed by atoms with Crippen LogP contribution >= 0.6 is 62.0 Å². The van der Waals surface area contributed by atoms with Crippen molar-refractivity contribution >= 4 is 62.0 Å². The van der Waals surface area contributed by atoms with E-state index < -0.39 is 15.6 Å². The second-order valence-electron chi connectivity index (χ2n) is 5.53. The Morgan fingerprint density at radius 1 is 0.630 bits per heavy atom. The third kappa shape index (κ3) is 5.69. The van der Waals surface area contributed by atoms with Crippen LogP contribution in [-0.2, 0) is 39.1 Å². The first-order chi connectivity index (χ1) is 12.7. The molecular formula is C14H18Cl4O7P2. The van der Waals surface area contributed by atoms with Gasteiger partial charge in [-0.3, -0.25) is 9.79 Å². The molecule has 0 aliphatic carbocycles. The van der Waals surface area contributed by atoms with Gasteiger partial charge < -0.3 is 9.05 Å². The van der Waals surface area contributed by atoms with Gasteiger partial charge >= 0.3 is 15.6 Å². The van der Waals surface area contributed by atoms with Crippen molar-refractivity contribution in [3.05, 3.63) is 22.3 Å². The van der Waals surface area contributed by atoms with Crippen molar-refractivity contribution in [1.82, 2.24) is 0 Å². The van der Waals surface area contributed by atoms with E-state index in [0.717, 1.165) is 0 Å². The molecule has 27 heavy (non-hydrogen) atoms. The van der Waals surface area contributed by atoms with Crippen LogP contribution in [0.5, 0.6) is 11.5 Å². The molecular weight excluding hydrogens is 484 g/mol. The van der Waals surface area contributed by atoms with Crippen LogP contribution in [0.25, 0.3) is 0 Å². The van der Waals surface area contributed by atoms with Crippen LogP contribution in [0.4, 0.5) is 0 Å². The van der Waals surface area contributed by atoms with E-state index in [4.69, 9.17) is 55.5 Å². The zero-order valence-electron chi connectivity index (χ0n) is 14.0. The molecule has 2 aliphatic rings. The molecule has 1 aromatic rings. The highest BCUT2D eigenvalue weighted by Crippen LogP contribution is 2.63. The van der Waals surface area contributed by atoms with Crippen LogP contribution in [0.2, 0.25) is 0 Å². The van der Waals surface area contributed by atoms with Gasteiger partial charge in [-0.2, -0.15) is 4.31 Å². The van der Waals surface area contributed by atoms with Gasteiger partial charge in [0.05, 0.1) is 0 Å². The van der Waals surface area contributed by atoms with Crippen LogP contribution < -0.4 is 9.05 Å². The first-order valence-electron chi connectivity index (χ1n) is 7.89. The highest BCUT2D eigenvalue weighted by Gasteiger charge is 2.43. The molecule has 0 amide bonds. The normalized spacial score (nSPS) is 24.7. The maximum atomic E-state index is 12.3. The molecule has 0 saturated carbocycles. The first kappa shape index (κ1) is 23.6. The summed E-state index contributed by atoms with van der Waals surface area (Å²) in [5, 5.41) is 0. The van der Waals surface area contributed by atoms with Crippen LogP contribution in [0, 0.1) is 0 Å². The number of rotatable bonds is 8. The number of phosphoric ester groups is 2. The van der Waals surface area contributed by atoms with E-state index in [-0.39, 0.29) is 60.7 Å². The summed E-state index contributed by atoms with van der Waals surface area (Å²) < 4.78 is 39.4. The summed E-state index contributed by atoms with van der Waals surface area (Å²) in [7, 11) is -9.95. The quantitative estimate of drug-likeness (QED) is 0.389. The maximum Gasteiger partial charge on any atom is 0.537 e. The van der Waals surface area contributed by atoms with E-state index in [1.807, 2.05) is 0 Å². The van der Waals surface area contributed by atoms with E-state index in [1.165, 1.54) is 0 Å². The van der Waals surface area contributed by atoms with Crippen molar-refractivity contribution in [3.63, 3.8) is 0 Å². The second-order valence-corrected chi connectivity index (χ2v) is 9.93. The molecule has 0 radical (unpaired) electrons. The molecule has 0 saturated heterocycles. The molecule has 2 unspecified atom stereocenters. The summed E-state index contributed by atoms with van der Waals surface area (Å²) in [6, 6.07) is 0. The molecule has 2 N–H and O–H groups in total. The fraction of sp³-hybridized carbons (Fsp3) is 0.571. The summed E-state index contributed by atoms with van der Waals surface area (Å²) in [4.78, 5) is 19.9. The van der Waals surface area contributed by atoms with E-state index in [2.05, 4.69) is 4.31 Å². The van der Waals surface area contributed by atoms with Gasteiger partial charge in [-0.15, -0.1) is 46.4 Å². The summed E-state index contributed by atoms with van der Waals surface area (Å²) in [6.45, 7) is 0. The number of alkyl halides is 4. The van der Waals surface area contributed by atoms with Gasteiger partial charge in [-0.1, -0.05) is 0 Å². The largest absolute Gasteiger partial charge is 0.537 e. The van der Waals surface area contributed by atoms with Gasteiger partial charge in [-0.25, -0.2) is 9.13 Å². The van der Waals surface area contributed by atoms with Gasteiger partial charge in [-0.05, 0) is 25.7 Å². The Labute approximate surface area is 177 Å². The first-order valence-corrected chi connectivity index (χ1v) is 13.0. The molecule has 154 valence electrons. The number of phosphoric acid groups is 2. The summed E-state index contributed by atoms with van der Waals surface area (Å²) >= 11 is 23.6.